The fourth-order valence-corrected chi connectivity index (χ4v) is 1.73. The van der Waals surface area contributed by atoms with Crippen molar-refractivity contribution in [1.29, 1.82) is 0 Å². The quantitative estimate of drug-likeness (QED) is 0.723. The minimum absolute atomic E-state index is 0.146. The number of hydrogen-bond acceptors (Lipinski definition) is 2. The van der Waals surface area contributed by atoms with Crippen LogP contribution in [0, 0.1) is 12.7 Å². The van der Waals surface area contributed by atoms with Crippen molar-refractivity contribution in [2.45, 2.75) is 6.92 Å². The van der Waals surface area contributed by atoms with Gasteiger partial charge in [0.2, 0.25) is 0 Å². The van der Waals surface area contributed by atoms with E-state index in [9.17, 15) is 9.18 Å². The third-order valence-corrected chi connectivity index (χ3v) is 2.65. The summed E-state index contributed by atoms with van der Waals surface area (Å²) in [6.45, 7) is 3.92. The van der Waals surface area contributed by atoms with Gasteiger partial charge in [0.25, 0.3) is 5.91 Å². The number of amides is 1. The second-order valence-electron chi connectivity index (χ2n) is 3.89. The number of carbonyl (C=O) groups excluding carboxylic acids is 1. The van der Waals surface area contributed by atoms with Crippen LogP contribution in [0.1, 0.15) is 15.9 Å². The largest absolute Gasteiger partial charge is 0.378 e. The predicted octanol–water partition coefficient (Wildman–Crippen LogP) is 1.61. The van der Waals surface area contributed by atoms with Crippen molar-refractivity contribution in [2.24, 2.45) is 0 Å². The number of halogens is 1. The highest BCUT2D eigenvalue weighted by molar-refractivity contribution is 5.94. The minimum atomic E-state index is -0.448. The molecule has 3 nitrogen and oxygen atoms in total. The maximum Gasteiger partial charge on any atom is 0.256 e. The second kappa shape index (κ2) is 4.61. The summed E-state index contributed by atoms with van der Waals surface area (Å²) in [5, 5.41) is 0. The zero-order chi connectivity index (χ0) is 11.5. The summed E-state index contributed by atoms with van der Waals surface area (Å²) in [6, 6.07) is 4.67. The topological polar surface area (TPSA) is 29.5 Å². The van der Waals surface area contributed by atoms with Crippen LogP contribution in [-0.2, 0) is 4.74 Å². The first-order valence-electron chi connectivity index (χ1n) is 5.31. The molecule has 1 amide bonds. The number of benzene rings is 1. The zero-order valence-corrected chi connectivity index (χ0v) is 9.20. The first-order valence-corrected chi connectivity index (χ1v) is 5.31. The van der Waals surface area contributed by atoms with Crippen LogP contribution in [0.25, 0.3) is 0 Å². The Kier molecular flexibility index (Phi) is 3.19. The lowest BCUT2D eigenvalue weighted by Gasteiger charge is -2.27. The lowest BCUT2D eigenvalue weighted by Crippen LogP contribution is -2.41. The van der Waals surface area contributed by atoms with Crippen LogP contribution >= 0.6 is 0 Å². The van der Waals surface area contributed by atoms with Gasteiger partial charge in [-0.05, 0) is 24.6 Å². The smallest absolute Gasteiger partial charge is 0.256 e. The van der Waals surface area contributed by atoms with E-state index in [0.29, 0.717) is 26.3 Å². The molecule has 1 aromatic carbocycles. The standard InChI is InChI=1S/C12H14FNO2/c1-9-2-3-10(11(13)8-9)12(15)14-4-6-16-7-5-14/h2-3,8H,4-7H2,1H3. The molecule has 0 bridgehead atoms. The van der Waals surface area contributed by atoms with Gasteiger partial charge in [-0.1, -0.05) is 6.07 Å². The Bertz CT molecular complexity index is 400. The zero-order valence-electron chi connectivity index (χ0n) is 9.20. The number of aryl methyl sites for hydroxylation is 1. The van der Waals surface area contributed by atoms with Crippen LogP contribution in [0.3, 0.4) is 0 Å². The van der Waals surface area contributed by atoms with Crippen molar-refractivity contribution >= 4 is 5.91 Å². The van der Waals surface area contributed by atoms with Gasteiger partial charge < -0.3 is 9.64 Å². The van der Waals surface area contributed by atoms with Gasteiger partial charge in [0.1, 0.15) is 5.82 Å². The van der Waals surface area contributed by atoms with Gasteiger partial charge in [0.15, 0.2) is 0 Å². The van der Waals surface area contributed by atoms with E-state index in [1.807, 2.05) is 0 Å². The maximum absolute atomic E-state index is 13.6. The normalized spacial score (nSPS) is 16.2. The fraction of sp³-hybridized carbons (Fsp3) is 0.417. The third kappa shape index (κ3) is 2.22. The van der Waals surface area contributed by atoms with Gasteiger partial charge in [-0.3, -0.25) is 4.79 Å². The molecule has 0 aliphatic carbocycles. The van der Waals surface area contributed by atoms with Crippen LogP contribution < -0.4 is 0 Å². The summed E-state index contributed by atoms with van der Waals surface area (Å²) in [4.78, 5) is 13.6. The highest BCUT2D eigenvalue weighted by Crippen LogP contribution is 2.13. The van der Waals surface area contributed by atoms with Crippen molar-refractivity contribution < 1.29 is 13.9 Å². The van der Waals surface area contributed by atoms with Crippen molar-refractivity contribution in [3.63, 3.8) is 0 Å². The third-order valence-electron chi connectivity index (χ3n) is 2.65. The molecule has 0 spiro atoms. The average Bonchev–Trinajstić information content (AvgIpc) is 2.29. The molecule has 1 fully saturated rings. The van der Waals surface area contributed by atoms with Gasteiger partial charge >= 0.3 is 0 Å². The first kappa shape index (κ1) is 11.1. The molecule has 1 aliphatic rings. The molecule has 0 N–H and O–H groups in total. The Morgan fingerprint density at radius 1 is 1.38 bits per heavy atom. The van der Waals surface area contributed by atoms with Crippen LogP contribution in [0.15, 0.2) is 18.2 Å². The van der Waals surface area contributed by atoms with E-state index in [0.717, 1.165) is 5.56 Å². The number of hydrogen-bond donors (Lipinski definition) is 0. The summed E-state index contributed by atoms with van der Waals surface area (Å²) in [6.07, 6.45) is 0. The van der Waals surface area contributed by atoms with E-state index in [2.05, 4.69) is 0 Å². The highest BCUT2D eigenvalue weighted by atomic mass is 19.1. The Morgan fingerprint density at radius 3 is 2.69 bits per heavy atom. The molecule has 1 aromatic rings. The average molecular weight is 223 g/mol. The fourth-order valence-electron chi connectivity index (χ4n) is 1.73. The summed E-state index contributed by atoms with van der Waals surface area (Å²) >= 11 is 0. The van der Waals surface area contributed by atoms with E-state index in [4.69, 9.17) is 4.74 Å². The first-order chi connectivity index (χ1) is 7.68. The molecular formula is C12H14FNO2. The van der Waals surface area contributed by atoms with Gasteiger partial charge in [-0.25, -0.2) is 4.39 Å². The molecular weight excluding hydrogens is 209 g/mol. The molecule has 4 heteroatoms. The summed E-state index contributed by atoms with van der Waals surface area (Å²) < 4.78 is 18.7. The van der Waals surface area contributed by atoms with Crippen LogP contribution in [-0.4, -0.2) is 37.1 Å². The molecule has 16 heavy (non-hydrogen) atoms. The van der Waals surface area contributed by atoms with E-state index in [1.54, 1.807) is 24.0 Å². The molecule has 0 unspecified atom stereocenters. The number of rotatable bonds is 1. The van der Waals surface area contributed by atoms with Gasteiger partial charge in [0, 0.05) is 13.1 Å². The van der Waals surface area contributed by atoms with Crippen LogP contribution in [0.5, 0.6) is 0 Å². The molecule has 86 valence electrons. The Hall–Kier alpha value is -1.42. The highest BCUT2D eigenvalue weighted by Gasteiger charge is 2.20. The van der Waals surface area contributed by atoms with Gasteiger partial charge in [0.05, 0.1) is 18.8 Å². The number of carbonyl (C=O) groups is 1. The van der Waals surface area contributed by atoms with E-state index >= 15 is 0 Å². The summed E-state index contributed by atoms with van der Waals surface area (Å²) in [5.74, 6) is -0.697. The van der Waals surface area contributed by atoms with Crippen molar-refractivity contribution in [3.8, 4) is 0 Å². The van der Waals surface area contributed by atoms with E-state index < -0.39 is 5.82 Å². The molecule has 0 atom stereocenters. The van der Waals surface area contributed by atoms with E-state index in [-0.39, 0.29) is 11.5 Å². The van der Waals surface area contributed by atoms with Crippen molar-refractivity contribution in [1.82, 2.24) is 4.90 Å². The minimum Gasteiger partial charge on any atom is -0.378 e. The molecule has 0 aromatic heterocycles. The summed E-state index contributed by atoms with van der Waals surface area (Å²) in [7, 11) is 0. The number of nitrogens with zero attached hydrogens (tertiary/aromatic N) is 1. The van der Waals surface area contributed by atoms with Gasteiger partial charge in [-0.2, -0.15) is 0 Å². The Balaban J connectivity index is 2.19. The maximum atomic E-state index is 13.6. The molecule has 0 saturated carbocycles. The van der Waals surface area contributed by atoms with Crippen LogP contribution in [0.2, 0.25) is 0 Å². The SMILES string of the molecule is Cc1ccc(C(=O)N2CCOCC2)c(F)c1. The van der Waals surface area contributed by atoms with Crippen molar-refractivity contribution in [2.75, 3.05) is 26.3 Å². The molecule has 0 radical (unpaired) electrons. The van der Waals surface area contributed by atoms with Gasteiger partial charge in [-0.15, -0.1) is 0 Å². The molecule has 1 aliphatic heterocycles. The molecule has 2 rings (SSSR count). The lowest BCUT2D eigenvalue weighted by atomic mass is 10.1. The van der Waals surface area contributed by atoms with Crippen molar-refractivity contribution in [3.05, 3.63) is 35.1 Å². The molecule has 1 heterocycles. The predicted molar refractivity (Wildman–Crippen MR) is 57.9 cm³/mol. The van der Waals surface area contributed by atoms with E-state index in [1.165, 1.54) is 6.07 Å². The Labute approximate surface area is 93.8 Å². The number of ether oxygens (including phenoxy) is 1. The lowest BCUT2D eigenvalue weighted by molar-refractivity contribution is 0.0300. The molecule has 1 saturated heterocycles. The monoisotopic (exact) mass is 223 g/mol. The second-order valence-corrected chi connectivity index (χ2v) is 3.89. The van der Waals surface area contributed by atoms with Crippen LogP contribution in [0.4, 0.5) is 4.39 Å². The Morgan fingerprint density at radius 2 is 2.06 bits per heavy atom. The number of morpholine rings is 1. The summed E-state index contributed by atoms with van der Waals surface area (Å²) in [5.41, 5.74) is 0.962.